The molecule has 0 unspecified atom stereocenters. The summed E-state index contributed by atoms with van der Waals surface area (Å²) < 4.78 is 33.7. The zero-order chi connectivity index (χ0) is 23.6. The molecule has 2 aromatic heterocycles. The van der Waals surface area contributed by atoms with E-state index in [1.165, 1.54) is 12.0 Å². The first kappa shape index (κ1) is 24.1. The van der Waals surface area contributed by atoms with Crippen LogP contribution in [0.2, 0.25) is 0 Å². The molecule has 0 atom stereocenters. The minimum absolute atomic E-state index is 0.200. The number of aryl methyl sites for hydroxylation is 3. The number of methoxy groups -OCH3 is 1. The topological polar surface area (TPSA) is 93.2 Å². The van der Waals surface area contributed by atoms with Crippen molar-refractivity contribution < 1.29 is 13.2 Å². The highest BCUT2D eigenvalue weighted by Gasteiger charge is 2.25. The number of benzene rings is 1. The Hall–Kier alpha value is -2.01. The molecule has 7 nitrogen and oxygen atoms in total. The van der Waals surface area contributed by atoms with Gasteiger partial charge in [-0.1, -0.05) is 6.07 Å². The van der Waals surface area contributed by atoms with Crippen LogP contribution in [0.1, 0.15) is 41.1 Å². The zero-order valence-electron chi connectivity index (χ0n) is 19.3. The van der Waals surface area contributed by atoms with Gasteiger partial charge in [-0.3, -0.25) is 0 Å². The third kappa shape index (κ3) is 5.74. The van der Waals surface area contributed by atoms with Crippen LogP contribution in [0.4, 0.5) is 5.13 Å². The van der Waals surface area contributed by atoms with Crippen LogP contribution in [-0.2, 0) is 10.0 Å². The average Bonchev–Trinajstić information content (AvgIpc) is 3.38. The SMILES string of the molecule is COc1ccc(C)cc1S(=O)(=O)NCC1CCC(Nc2nc(-c3nc(C)sc3C)cs2)CC1. The maximum absolute atomic E-state index is 12.8. The average molecular weight is 507 g/mol. The van der Waals surface area contributed by atoms with Gasteiger partial charge in [-0.2, -0.15) is 0 Å². The predicted molar refractivity (Wildman–Crippen MR) is 135 cm³/mol. The summed E-state index contributed by atoms with van der Waals surface area (Å²) in [5.74, 6) is 0.688. The molecule has 178 valence electrons. The fourth-order valence-electron chi connectivity index (χ4n) is 4.20. The first-order valence-electron chi connectivity index (χ1n) is 11.1. The van der Waals surface area contributed by atoms with E-state index in [0.29, 0.717) is 24.3 Å². The van der Waals surface area contributed by atoms with E-state index >= 15 is 0 Å². The van der Waals surface area contributed by atoms with Gasteiger partial charge in [0, 0.05) is 22.8 Å². The highest BCUT2D eigenvalue weighted by atomic mass is 32.2. The van der Waals surface area contributed by atoms with Crippen molar-refractivity contribution in [2.24, 2.45) is 5.92 Å². The maximum Gasteiger partial charge on any atom is 0.244 e. The van der Waals surface area contributed by atoms with Gasteiger partial charge in [-0.15, -0.1) is 22.7 Å². The molecule has 3 aromatic rings. The monoisotopic (exact) mass is 506 g/mol. The van der Waals surface area contributed by atoms with Crippen LogP contribution in [-0.4, -0.2) is 38.1 Å². The predicted octanol–water partition coefficient (Wildman–Crippen LogP) is 5.15. The van der Waals surface area contributed by atoms with Crippen molar-refractivity contribution in [1.82, 2.24) is 14.7 Å². The molecule has 10 heteroatoms. The molecule has 0 saturated heterocycles. The summed E-state index contributed by atoms with van der Waals surface area (Å²) in [6.07, 6.45) is 3.91. The van der Waals surface area contributed by atoms with Gasteiger partial charge in [0.05, 0.1) is 12.1 Å². The van der Waals surface area contributed by atoms with Gasteiger partial charge in [-0.05, 0) is 70.1 Å². The highest BCUT2D eigenvalue weighted by molar-refractivity contribution is 7.89. The second-order valence-corrected chi connectivity index (χ2v) is 12.5. The molecule has 33 heavy (non-hydrogen) atoms. The number of thiazole rings is 2. The minimum atomic E-state index is -3.62. The quantitative estimate of drug-likeness (QED) is 0.439. The Balaban J connectivity index is 1.29. The molecule has 0 spiro atoms. The number of rotatable bonds is 8. The summed E-state index contributed by atoms with van der Waals surface area (Å²) in [6.45, 7) is 6.41. The zero-order valence-corrected chi connectivity index (χ0v) is 21.8. The van der Waals surface area contributed by atoms with Gasteiger partial charge < -0.3 is 10.1 Å². The summed E-state index contributed by atoms with van der Waals surface area (Å²) in [7, 11) is -2.13. The molecule has 1 fully saturated rings. The summed E-state index contributed by atoms with van der Waals surface area (Å²) in [5, 5.41) is 7.60. The summed E-state index contributed by atoms with van der Waals surface area (Å²) in [5.41, 5.74) is 2.79. The van der Waals surface area contributed by atoms with E-state index in [9.17, 15) is 8.42 Å². The van der Waals surface area contributed by atoms with Gasteiger partial charge in [0.15, 0.2) is 5.13 Å². The van der Waals surface area contributed by atoms with Crippen LogP contribution in [0.25, 0.3) is 11.4 Å². The third-order valence-electron chi connectivity index (χ3n) is 6.00. The Kier molecular flexibility index (Phi) is 7.37. The molecule has 0 aliphatic heterocycles. The standard InChI is InChI=1S/C23H30N4O3S3/c1-14-5-10-20(30-4)21(11-14)33(28,29)24-12-17-6-8-18(9-7-17)26-23-27-19(13-31-23)22-15(2)32-16(3)25-22/h5,10-11,13,17-18,24H,6-9,12H2,1-4H3,(H,26,27). The van der Waals surface area contributed by atoms with Gasteiger partial charge in [0.25, 0.3) is 0 Å². The molecule has 1 aromatic carbocycles. The van der Waals surface area contributed by atoms with E-state index in [0.717, 1.165) is 52.8 Å². The van der Waals surface area contributed by atoms with Crippen LogP contribution in [0.3, 0.4) is 0 Å². The van der Waals surface area contributed by atoms with Crippen LogP contribution < -0.4 is 14.8 Å². The molecule has 1 saturated carbocycles. The van der Waals surface area contributed by atoms with Gasteiger partial charge in [0.2, 0.25) is 10.0 Å². The number of aromatic nitrogens is 2. The lowest BCUT2D eigenvalue weighted by Gasteiger charge is -2.29. The fourth-order valence-corrected chi connectivity index (χ4v) is 7.17. The number of ether oxygens (including phenoxy) is 1. The van der Waals surface area contributed by atoms with Crippen molar-refractivity contribution in [3.05, 3.63) is 39.0 Å². The minimum Gasteiger partial charge on any atom is -0.495 e. The second kappa shape index (κ2) is 10.1. The van der Waals surface area contributed by atoms with Crippen LogP contribution in [0.5, 0.6) is 5.75 Å². The van der Waals surface area contributed by atoms with Crippen LogP contribution in [0.15, 0.2) is 28.5 Å². The first-order chi connectivity index (χ1) is 15.7. The van der Waals surface area contributed by atoms with Crippen molar-refractivity contribution in [3.8, 4) is 17.1 Å². The van der Waals surface area contributed by atoms with E-state index in [4.69, 9.17) is 9.72 Å². The molecular formula is C23H30N4O3S3. The maximum atomic E-state index is 12.8. The number of hydrogen-bond donors (Lipinski definition) is 2. The number of nitrogens with zero attached hydrogens (tertiary/aromatic N) is 2. The molecule has 1 aliphatic rings. The summed E-state index contributed by atoms with van der Waals surface area (Å²) in [4.78, 5) is 10.7. The Bertz CT molecular complexity index is 1210. The molecule has 0 bridgehead atoms. The number of sulfonamides is 1. The second-order valence-electron chi connectivity index (χ2n) is 8.54. The smallest absolute Gasteiger partial charge is 0.244 e. The van der Waals surface area contributed by atoms with Crippen LogP contribution in [0, 0.1) is 26.7 Å². The summed E-state index contributed by atoms with van der Waals surface area (Å²) >= 11 is 3.31. The number of nitrogens with one attached hydrogen (secondary N) is 2. The van der Waals surface area contributed by atoms with E-state index in [1.54, 1.807) is 34.8 Å². The lowest BCUT2D eigenvalue weighted by Crippen LogP contribution is -2.34. The molecule has 0 amide bonds. The van der Waals surface area contributed by atoms with E-state index in [2.05, 4.69) is 27.3 Å². The Morgan fingerprint density at radius 1 is 1.12 bits per heavy atom. The largest absolute Gasteiger partial charge is 0.495 e. The van der Waals surface area contributed by atoms with Gasteiger partial charge in [-0.25, -0.2) is 23.1 Å². The molecule has 2 N–H and O–H groups in total. The van der Waals surface area contributed by atoms with Crippen molar-refractivity contribution >= 4 is 37.8 Å². The van der Waals surface area contributed by atoms with Crippen molar-refractivity contribution in [1.29, 1.82) is 0 Å². The van der Waals surface area contributed by atoms with E-state index in [1.807, 2.05) is 19.9 Å². The first-order valence-corrected chi connectivity index (χ1v) is 14.2. The van der Waals surface area contributed by atoms with Crippen molar-refractivity contribution in [2.45, 2.75) is 57.4 Å². The molecule has 1 aliphatic carbocycles. The Labute approximate surface area is 203 Å². The lowest BCUT2D eigenvalue weighted by molar-refractivity contribution is 0.337. The third-order valence-corrected chi connectivity index (χ3v) is 9.10. The molecule has 0 radical (unpaired) electrons. The highest BCUT2D eigenvalue weighted by Crippen LogP contribution is 2.32. The summed E-state index contributed by atoms with van der Waals surface area (Å²) in [6, 6.07) is 5.55. The lowest BCUT2D eigenvalue weighted by atomic mass is 9.86. The van der Waals surface area contributed by atoms with Crippen molar-refractivity contribution in [2.75, 3.05) is 19.0 Å². The van der Waals surface area contributed by atoms with Crippen molar-refractivity contribution in [3.63, 3.8) is 0 Å². The molecular weight excluding hydrogens is 476 g/mol. The Morgan fingerprint density at radius 2 is 1.88 bits per heavy atom. The molecule has 4 rings (SSSR count). The molecule has 2 heterocycles. The fraction of sp³-hybridized carbons (Fsp3) is 0.478. The van der Waals surface area contributed by atoms with E-state index in [-0.39, 0.29) is 4.90 Å². The van der Waals surface area contributed by atoms with Gasteiger partial charge >= 0.3 is 0 Å². The number of hydrogen-bond acceptors (Lipinski definition) is 8. The van der Waals surface area contributed by atoms with E-state index < -0.39 is 10.0 Å². The Morgan fingerprint density at radius 3 is 2.55 bits per heavy atom. The van der Waals surface area contributed by atoms with Crippen LogP contribution >= 0.6 is 22.7 Å². The number of anilines is 1. The normalized spacial score (nSPS) is 18.9. The van der Waals surface area contributed by atoms with Gasteiger partial charge in [0.1, 0.15) is 22.0 Å².